The molecule has 2 atom stereocenters. The number of amides is 4. The van der Waals surface area contributed by atoms with Crippen molar-refractivity contribution < 1.29 is 19.2 Å². The van der Waals surface area contributed by atoms with Crippen molar-refractivity contribution in [3.63, 3.8) is 0 Å². The number of hydrogen-bond acceptors (Lipinski definition) is 11. The fraction of sp³-hybridized carbons (Fsp3) is 0.512. The Hall–Kier alpha value is -5.26. The first-order valence-corrected chi connectivity index (χ1v) is 21.1. The molecule has 1 aromatic heterocycles. The van der Waals surface area contributed by atoms with E-state index in [1.807, 2.05) is 24.3 Å². The topological polar surface area (TPSA) is 130 Å². The summed E-state index contributed by atoms with van der Waals surface area (Å²) in [6, 6.07) is 14.9. The smallest absolute Gasteiger partial charge is 0.262 e. The number of rotatable bonds is 7. The van der Waals surface area contributed by atoms with E-state index in [1.165, 1.54) is 0 Å². The molecule has 302 valence electrons. The Balaban J connectivity index is 0.721. The van der Waals surface area contributed by atoms with Gasteiger partial charge >= 0.3 is 0 Å². The molecule has 3 aromatic rings. The normalized spacial score (nSPS) is 24.1. The van der Waals surface area contributed by atoms with Crippen LogP contribution in [0.5, 0.6) is 0 Å². The van der Waals surface area contributed by atoms with Crippen LogP contribution in [-0.2, 0) is 9.59 Å². The number of nitrogens with one attached hydrogen (secondary N) is 1. The van der Waals surface area contributed by atoms with Crippen LogP contribution in [0.4, 0.5) is 28.7 Å². The first kappa shape index (κ1) is 38.3. The molecule has 0 radical (unpaired) electrons. The summed E-state index contributed by atoms with van der Waals surface area (Å²) in [6.45, 7) is 19.1. The largest absolute Gasteiger partial charge is 0.371 e. The number of nitrogens with zero attached hydrogens (tertiary/aromatic N) is 9. The highest BCUT2D eigenvalue weighted by molar-refractivity contribution is 6.33. The third-order valence-electron chi connectivity index (χ3n) is 13.5. The minimum absolute atomic E-state index is 0.102. The van der Waals surface area contributed by atoms with Gasteiger partial charge in [-0.2, -0.15) is 0 Å². The number of imide groups is 2. The second kappa shape index (κ2) is 15.5. The zero-order chi connectivity index (χ0) is 40.1. The van der Waals surface area contributed by atoms with Gasteiger partial charge in [0.05, 0.1) is 17.7 Å². The molecule has 2 aromatic carbocycles. The number of hydrogen-bond donors (Lipinski definition) is 1. The van der Waals surface area contributed by atoms with Crippen LogP contribution >= 0.6 is 11.6 Å². The fourth-order valence-electron chi connectivity index (χ4n) is 10.2. The van der Waals surface area contributed by atoms with Crippen LogP contribution in [0.15, 0.2) is 48.5 Å². The van der Waals surface area contributed by atoms with Crippen molar-refractivity contribution in [2.24, 2.45) is 11.3 Å². The van der Waals surface area contributed by atoms with E-state index in [4.69, 9.17) is 28.4 Å². The predicted molar refractivity (Wildman–Crippen MR) is 222 cm³/mol. The number of piperidine rings is 3. The molecule has 9 rings (SSSR count). The number of benzene rings is 2. The minimum Gasteiger partial charge on any atom is -0.371 e. The Bertz CT molecular complexity index is 2150. The first-order valence-electron chi connectivity index (χ1n) is 20.7. The van der Waals surface area contributed by atoms with E-state index in [0.29, 0.717) is 33.8 Å². The van der Waals surface area contributed by atoms with Crippen molar-refractivity contribution >= 4 is 63.9 Å². The molecule has 0 bridgehead atoms. The Morgan fingerprint density at radius 3 is 2.12 bits per heavy atom. The third kappa shape index (κ3) is 7.23. The van der Waals surface area contributed by atoms with Gasteiger partial charge in [0.25, 0.3) is 11.8 Å². The number of carbonyl (C=O) groups excluding carboxylic acids is 4. The van der Waals surface area contributed by atoms with Crippen molar-refractivity contribution in [2.75, 3.05) is 85.0 Å². The van der Waals surface area contributed by atoms with Gasteiger partial charge < -0.3 is 19.6 Å². The predicted octanol–water partition coefficient (Wildman–Crippen LogP) is 5.01. The first-order chi connectivity index (χ1) is 28.1. The monoisotopic (exact) mass is 804 g/mol. The molecule has 5 fully saturated rings. The quantitative estimate of drug-likeness (QED) is 0.256. The van der Waals surface area contributed by atoms with Crippen molar-refractivity contribution in [1.82, 2.24) is 25.3 Å². The highest BCUT2D eigenvalue weighted by atomic mass is 35.5. The molecule has 4 amide bonds. The Morgan fingerprint density at radius 2 is 1.47 bits per heavy atom. The highest BCUT2D eigenvalue weighted by Crippen LogP contribution is 2.46. The van der Waals surface area contributed by atoms with Crippen molar-refractivity contribution in [2.45, 2.75) is 64.0 Å². The molecule has 6 aliphatic heterocycles. The zero-order valence-corrected chi connectivity index (χ0v) is 33.7. The summed E-state index contributed by atoms with van der Waals surface area (Å²) in [4.78, 5) is 67.1. The molecule has 1 unspecified atom stereocenters. The maximum Gasteiger partial charge on any atom is 0.262 e. The van der Waals surface area contributed by atoms with Crippen LogP contribution in [0.1, 0.15) is 72.6 Å². The van der Waals surface area contributed by atoms with E-state index in [9.17, 15) is 19.2 Å². The maximum absolute atomic E-state index is 13.3. The summed E-state index contributed by atoms with van der Waals surface area (Å²) < 4.78 is 0. The lowest BCUT2D eigenvalue weighted by Gasteiger charge is -2.40. The van der Waals surface area contributed by atoms with Gasteiger partial charge in [-0.05, 0) is 99.2 Å². The van der Waals surface area contributed by atoms with Gasteiger partial charge in [0.2, 0.25) is 17.5 Å². The number of aromatic nitrogens is 2. The summed E-state index contributed by atoms with van der Waals surface area (Å²) >= 11 is 6.39. The van der Waals surface area contributed by atoms with Gasteiger partial charge in [0.15, 0.2) is 11.6 Å². The van der Waals surface area contributed by atoms with Crippen molar-refractivity contribution in [3.8, 4) is 0 Å². The second-order valence-corrected chi connectivity index (χ2v) is 17.5. The number of piperazine rings is 1. The van der Waals surface area contributed by atoms with Gasteiger partial charge in [0, 0.05) is 94.3 Å². The lowest BCUT2D eigenvalue weighted by molar-refractivity contribution is -0.136. The van der Waals surface area contributed by atoms with Crippen molar-refractivity contribution in [3.05, 3.63) is 76.1 Å². The van der Waals surface area contributed by atoms with Gasteiger partial charge in [0.1, 0.15) is 6.04 Å². The van der Waals surface area contributed by atoms with E-state index in [-0.39, 0.29) is 24.2 Å². The standard InChI is InChI=1S/C43H49ClN10O4/c1-28-25-43(27-53(28)31-4-6-35(45-2)34(44)24-31)13-17-51(18-14-43)37-8-9-38(48-47-37)52-21-19-49(20-22-52)26-29-11-15-50(16-12-29)30-3-5-32-33(23-30)42(58)54(41(32)57)36-7-10-39(55)46-40(36)56/h3-6,8-9,23-24,28-29,36H,7,10-22,25-27H2,1H3,(H,46,55,56)/t28-,36?/m0/s1. The van der Waals surface area contributed by atoms with Gasteiger partial charge in [-0.3, -0.25) is 34.3 Å². The average molecular weight is 805 g/mol. The van der Waals surface area contributed by atoms with Crippen LogP contribution in [-0.4, -0.2) is 121 Å². The molecule has 5 saturated heterocycles. The van der Waals surface area contributed by atoms with Gasteiger partial charge in [-0.1, -0.05) is 17.7 Å². The summed E-state index contributed by atoms with van der Waals surface area (Å²) in [5, 5.41) is 12.2. The van der Waals surface area contributed by atoms with E-state index in [1.54, 1.807) is 12.1 Å². The number of anilines is 4. The van der Waals surface area contributed by atoms with Crippen LogP contribution < -0.4 is 24.9 Å². The molecule has 0 aliphatic carbocycles. The van der Waals surface area contributed by atoms with E-state index in [0.717, 1.165) is 125 Å². The van der Waals surface area contributed by atoms with Crippen LogP contribution in [0.3, 0.4) is 0 Å². The molecule has 1 N–H and O–H groups in total. The fourth-order valence-corrected chi connectivity index (χ4v) is 10.4. The van der Waals surface area contributed by atoms with E-state index >= 15 is 0 Å². The molecule has 1 spiro atoms. The SMILES string of the molecule is [C-]#[N+]c1ccc(N2CC3(CCN(c4ccc(N5CCN(CC6CCN(c7ccc8c(c7)C(=O)N(C7CCC(=O)NC7=O)C8=O)CC6)CC5)nn4)CC3)C[C@@H]2C)cc1Cl. The summed E-state index contributed by atoms with van der Waals surface area (Å²) in [7, 11) is 0. The Morgan fingerprint density at radius 1 is 0.793 bits per heavy atom. The highest BCUT2D eigenvalue weighted by Gasteiger charge is 2.46. The van der Waals surface area contributed by atoms with Crippen LogP contribution in [0.25, 0.3) is 4.85 Å². The number of halogens is 1. The lowest BCUT2D eigenvalue weighted by Crippen LogP contribution is -2.54. The lowest BCUT2D eigenvalue weighted by atomic mass is 9.77. The average Bonchev–Trinajstić information content (AvgIpc) is 3.69. The molecule has 0 saturated carbocycles. The summed E-state index contributed by atoms with van der Waals surface area (Å²) in [5.41, 5.74) is 3.42. The third-order valence-corrected chi connectivity index (χ3v) is 13.9. The molecule has 7 heterocycles. The van der Waals surface area contributed by atoms with Crippen molar-refractivity contribution in [1.29, 1.82) is 0 Å². The second-order valence-electron chi connectivity index (χ2n) is 17.1. The zero-order valence-electron chi connectivity index (χ0n) is 32.9. The minimum atomic E-state index is -0.960. The summed E-state index contributed by atoms with van der Waals surface area (Å²) in [5.74, 6) is 0.537. The maximum atomic E-state index is 13.3. The summed E-state index contributed by atoms with van der Waals surface area (Å²) in [6.07, 6.45) is 5.70. The Kier molecular flexibility index (Phi) is 10.2. The number of fused-ring (bicyclic) bond motifs is 1. The molecule has 14 nitrogen and oxygen atoms in total. The molecular formula is C43H49ClN10O4. The van der Waals surface area contributed by atoms with Gasteiger partial charge in [-0.15, -0.1) is 10.2 Å². The number of carbonyl (C=O) groups is 4. The van der Waals surface area contributed by atoms with Crippen LogP contribution in [0.2, 0.25) is 5.02 Å². The Labute approximate surface area is 343 Å². The molecule has 15 heteroatoms. The molecule has 6 aliphatic rings. The molecule has 58 heavy (non-hydrogen) atoms. The van der Waals surface area contributed by atoms with E-state index in [2.05, 4.69) is 53.7 Å². The van der Waals surface area contributed by atoms with Crippen LogP contribution in [0, 0.1) is 17.9 Å². The van der Waals surface area contributed by atoms with Gasteiger partial charge in [-0.25, -0.2) is 4.85 Å². The molecular weight excluding hydrogens is 756 g/mol. The van der Waals surface area contributed by atoms with E-state index < -0.39 is 23.8 Å².